The van der Waals surface area contributed by atoms with Crippen molar-refractivity contribution in [2.24, 2.45) is 5.92 Å². The lowest BCUT2D eigenvalue weighted by Gasteiger charge is -2.46. The van der Waals surface area contributed by atoms with Crippen molar-refractivity contribution in [1.29, 1.82) is 0 Å². The van der Waals surface area contributed by atoms with Crippen LogP contribution in [0.4, 0.5) is 0 Å². The second-order valence-electron chi connectivity index (χ2n) is 14.1. The molecule has 0 radical (unpaired) electrons. The molecule has 2 saturated heterocycles. The molecule has 2 N–H and O–H groups in total. The number of hydrogen-bond donors (Lipinski definition) is 2. The van der Waals surface area contributed by atoms with Crippen LogP contribution < -0.4 is 10.6 Å². The van der Waals surface area contributed by atoms with Crippen LogP contribution in [0.5, 0.6) is 0 Å². The van der Waals surface area contributed by atoms with Crippen molar-refractivity contribution in [3.05, 3.63) is 41.5 Å². The fourth-order valence-corrected chi connectivity index (χ4v) is 6.81. The van der Waals surface area contributed by atoms with Crippen molar-refractivity contribution in [3.63, 3.8) is 0 Å². The molecule has 2 fully saturated rings. The van der Waals surface area contributed by atoms with E-state index in [-0.39, 0.29) is 58.8 Å². The third kappa shape index (κ3) is 7.38. The number of ether oxygens (including phenoxy) is 3. The molecule has 0 aliphatic carbocycles. The SMILES string of the molecule is CC1(C)CC(OC(=O)c2ccc(C3=CCC(C(=O)OC4CC(C)(C)NC(C)(C)C4)CO3)cc2)CC(C)(C)N1. The quantitative estimate of drug-likeness (QED) is 0.498. The van der Waals surface area contributed by atoms with Gasteiger partial charge in [-0.2, -0.15) is 0 Å². The van der Waals surface area contributed by atoms with Crippen LogP contribution in [-0.2, 0) is 19.0 Å². The summed E-state index contributed by atoms with van der Waals surface area (Å²) in [5.74, 6) is -0.0885. The molecule has 7 nitrogen and oxygen atoms in total. The molecule has 210 valence electrons. The van der Waals surface area contributed by atoms with Crippen LogP contribution in [0.1, 0.15) is 103 Å². The molecule has 3 aliphatic rings. The average Bonchev–Trinajstić information content (AvgIpc) is 2.75. The highest BCUT2D eigenvalue weighted by Gasteiger charge is 2.41. The zero-order chi connectivity index (χ0) is 27.9. The van der Waals surface area contributed by atoms with Crippen LogP contribution in [0.15, 0.2) is 30.3 Å². The molecule has 0 amide bonds. The van der Waals surface area contributed by atoms with Crippen LogP contribution in [0, 0.1) is 5.92 Å². The Balaban J connectivity index is 1.31. The number of benzene rings is 1. The summed E-state index contributed by atoms with van der Waals surface area (Å²) in [4.78, 5) is 25.7. The third-order valence-electron chi connectivity index (χ3n) is 7.63. The molecule has 1 aromatic carbocycles. The maximum atomic E-state index is 12.9. The van der Waals surface area contributed by atoms with Crippen LogP contribution in [-0.4, -0.2) is 52.9 Å². The summed E-state index contributed by atoms with van der Waals surface area (Å²) in [5, 5.41) is 7.23. The molecule has 1 unspecified atom stereocenters. The first kappa shape index (κ1) is 28.6. The van der Waals surface area contributed by atoms with Crippen molar-refractivity contribution >= 4 is 17.7 Å². The van der Waals surface area contributed by atoms with Gasteiger partial charge in [0, 0.05) is 53.4 Å². The lowest BCUT2D eigenvalue weighted by molar-refractivity contribution is -0.159. The molecule has 0 spiro atoms. The van der Waals surface area contributed by atoms with Gasteiger partial charge in [-0.25, -0.2) is 4.79 Å². The molecule has 0 aromatic heterocycles. The highest BCUT2D eigenvalue weighted by atomic mass is 16.6. The largest absolute Gasteiger partial charge is 0.492 e. The van der Waals surface area contributed by atoms with E-state index in [1.807, 2.05) is 18.2 Å². The molecule has 1 aromatic rings. The number of carbonyl (C=O) groups excluding carboxylic acids is 2. The van der Waals surface area contributed by atoms with Gasteiger partial charge in [-0.3, -0.25) is 4.79 Å². The fraction of sp³-hybridized carbons (Fsp3) is 0.677. The standard InChI is InChI=1S/C31H46N2O5/c1-28(2)15-23(16-29(3,4)32-28)37-26(34)21-11-9-20(10-12-21)25-14-13-22(19-36-25)27(35)38-24-17-30(5,6)33-31(7,8)18-24/h9-12,14,22-24,32-33H,13,15-19H2,1-8H3. The van der Waals surface area contributed by atoms with Gasteiger partial charge in [-0.1, -0.05) is 12.1 Å². The molecular formula is C31H46N2O5. The van der Waals surface area contributed by atoms with Crippen molar-refractivity contribution in [2.75, 3.05) is 6.61 Å². The van der Waals surface area contributed by atoms with E-state index in [1.54, 1.807) is 12.1 Å². The molecule has 3 aliphatic heterocycles. The fourth-order valence-electron chi connectivity index (χ4n) is 6.81. The predicted octanol–water partition coefficient (Wildman–Crippen LogP) is 5.38. The highest BCUT2D eigenvalue weighted by Crippen LogP contribution is 2.33. The van der Waals surface area contributed by atoms with E-state index < -0.39 is 0 Å². The van der Waals surface area contributed by atoms with Crippen molar-refractivity contribution in [1.82, 2.24) is 10.6 Å². The molecule has 7 heteroatoms. The normalized spacial score (nSPS) is 26.5. The van der Waals surface area contributed by atoms with E-state index >= 15 is 0 Å². The van der Waals surface area contributed by atoms with E-state index in [1.165, 1.54) is 0 Å². The Labute approximate surface area is 228 Å². The minimum atomic E-state index is -0.312. The molecular weight excluding hydrogens is 480 g/mol. The van der Waals surface area contributed by atoms with Crippen LogP contribution in [0.2, 0.25) is 0 Å². The van der Waals surface area contributed by atoms with Crippen molar-refractivity contribution in [3.8, 4) is 0 Å². The summed E-state index contributed by atoms with van der Waals surface area (Å²) >= 11 is 0. The van der Waals surface area contributed by atoms with Crippen molar-refractivity contribution in [2.45, 2.75) is 122 Å². The van der Waals surface area contributed by atoms with Gasteiger partial charge in [0.25, 0.3) is 0 Å². The van der Waals surface area contributed by atoms with Gasteiger partial charge in [-0.15, -0.1) is 0 Å². The summed E-state index contributed by atoms with van der Waals surface area (Å²) in [6, 6.07) is 7.30. The predicted molar refractivity (Wildman–Crippen MR) is 149 cm³/mol. The maximum absolute atomic E-state index is 12.9. The molecule has 0 saturated carbocycles. The monoisotopic (exact) mass is 526 g/mol. The number of carbonyl (C=O) groups is 2. The Hall–Kier alpha value is -2.38. The first-order chi connectivity index (χ1) is 17.5. The summed E-state index contributed by atoms with van der Waals surface area (Å²) in [7, 11) is 0. The number of allylic oxidation sites excluding steroid dienone is 1. The Morgan fingerprint density at radius 1 is 0.763 bits per heavy atom. The second-order valence-corrected chi connectivity index (χ2v) is 14.1. The lowest BCUT2D eigenvalue weighted by atomic mass is 9.81. The highest BCUT2D eigenvalue weighted by molar-refractivity contribution is 5.90. The summed E-state index contributed by atoms with van der Waals surface area (Å²) in [6.07, 6.45) is 5.41. The Morgan fingerprint density at radius 2 is 1.24 bits per heavy atom. The smallest absolute Gasteiger partial charge is 0.338 e. The first-order valence-corrected chi connectivity index (χ1v) is 14.0. The zero-order valence-corrected chi connectivity index (χ0v) is 24.4. The van der Waals surface area contributed by atoms with E-state index in [9.17, 15) is 9.59 Å². The number of piperidine rings is 2. The third-order valence-corrected chi connectivity index (χ3v) is 7.63. The first-order valence-electron chi connectivity index (χ1n) is 14.0. The van der Waals surface area contributed by atoms with E-state index in [2.05, 4.69) is 66.0 Å². The Kier molecular flexibility index (Phi) is 7.76. The van der Waals surface area contributed by atoms with Crippen molar-refractivity contribution < 1.29 is 23.8 Å². The van der Waals surface area contributed by atoms with Crippen LogP contribution in [0.3, 0.4) is 0 Å². The maximum Gasteiger partial charge on any atom is 0.338 e. The second kappa shape index (κ2) is 10.3. The topological polar surface area (TPSA) is 85.9 Å². The van der Waals surface area contributed by atoms with Crippen LogP contribution >= 0.6 is 0 Å². The van der Waals surface area contributed by atoms with Gasteiger partial charge in [0.05, 0.1) is 11.5 Å². The molecule has 3 heterocycles. The zero-order valence-electron chi connectivity index (χ0n) is 24.4. The molecule has 1 atom stereocenters. The minimum absolute atomic E-state index is 0.0811. The van der Waals surface area contributed by atoms with Gasteiger partial charge in [0.2, 0.25) is 0 Å². The number of hydrogen-bond acceptors (Lipinski definition) is 7. The van der Waals surface area contributed by atoms with Gasteiger partial charge < -0.3 is 24.8 Å². The molecule has 0 bridgehead atoms. The van der Waals surface area contributed by atoms with E-state index in [0.29, 0.717) is 12.0 Å². The van der Waals surface area contributed by atoms with Gasteiger partial charge in [0.15, 0.2) is 0 Å². The van der Waals surface area contributed by atoms with Crippen LogP contribution in [0.25, 0.3) is 5.76 Å². The van der Waals surface area contributed by atoms with Gasteiger partial charge >= 0.3 is 11.9 Å². The van der Waals surface area contributed by atoms with E-state index in [4.69, 9.17) is 14.2 Å². The molecule has 4 rings (SSSR count). The van der Waals surface area contributed by atoms with Gasteiger partial charge in [-0.05, 0) is 80.0 Å². The van der Waals surface area contributed by atoms with E-state index in [0.717, 1.165) is 37.0 Å². The number of rotatable bonds is 5. The Morgan fingerprint density at radius 3 is 1.68 bits per heavy atom. The molecule has 38 heavy (non-hydrogen) atoms. The van der Waals surface area contributed by atoms with Gasteiger partial charge in [0.1, 0.15) is 24.6 Å². The summed E-state index contributed by atoms with van der Waals surface area (Å²) < 4.78 is 17.8. The minimum Gasteiger partial charge on any atom is -0.492 e. The number of esters is 2. The average molecular weight is 527 g/mol. The summed E-state index contributed by atoms with van der Waals surface area (Å²) in [5.41, 5.74) is 1.05. The lowest BCUT2D eigenvalue weighted by Crippen LogP contribution is -2.59. The Bertz CT molecular complexity index is 1040. The number of nitrogens with one attached hydrogen (secondary N) is 2. The summed E-state index contributed by atoms with van der Waals surface area (Å²) in [6.45, 7) is 17.4.